The third-order valence-corrected chi connectivity index (χ3v) is 8.07. The zero-order chi connectivity index (χ0) is 25.9. The first-order valence-corrected chi connectivity index (χ1v) is 13.6. The van der Waals surface area contributed by atoms with Crippen LogP contribution in [0.4, 0.5) is 9.52 Å². The lowest BCUT2D eigenvalue weighted by molar-refractivity contribution is -0.141. The first-order valence-electron chi connectivity index (χ1n) is 12.7. The highest BCUT2D eigenvalue weighted by molar-refractivity contribution is 7.14. The zero-order valence-electron chi connectivity index (χ0n) is 20.7. The number of aliphatic carboxylic acids is 1. The molecule has 1 aromatic carbocycles. The van der Waals surface area contributed by atoms with Crippen LogP contribution in [0.15, 0.2) is 41.9 Å². The lowest BCUT2D eigenvalue weighted by Gasteiger charge is -2.26. The molecule has 7 nitrogen and oxygen atoms in total. The second-order valence-corrected chi connectivity index (χ2v) is 10.7. The van der Waals surface area contributed by atoms with Crippen molar-refractivity contribution < 1.29 is 23.8 Å². The number of carboxylic acid groups (broad SMARTS) is 1. The number of anilines is 1. The molecular formula is C28H30FN3O4S. The van der Waals surface area contributed by atoms with E-state index in [4.69, 9.17) is 9.72 Å². The van der Waals surface area contributed by atoms with Crippen molar-refractivity contribution in [1.82, 2.24) is 9.97 Å². The summed E-state index contributed by atoms with van der Waals surface area (Å²) in [6.45, 7) is 0. The number of pyridine rings is 1. The summed E-state index contributed by atoms with van der Waals surface area (Å²) < 4.78 is 19.3. The minimum Gasteiger partial charge on any atom is -0.481 e. The van der Waals surface area contributed by atoms with E-state index in [-0.39, 0.29) is 24.2 Å². The number of nitrogens with zero attached hydrogens (tertiary/aromatic N) is 3. The molecule has 1 unspecified atom stereocenters. The summed E-state index contributed by atoms with van der Waals surface area (Å²) in [5.41, 5.74) is 2.84. The maximum Gasteiger partial charge on any atom is 0.304 e. The molecule has 194 valence electrons. The molecule has 2 fully saturated rings. The molecule has 1 N–H and O–H groups in total. The van der Waals surface area contributed by atoms with Crippen LogP contribution in [0.1, 0.15) is 51.4 Å². The molecule has 0 bridgehead atoms. The molecule has 2 aliphatic rings. The van der Waals surface area contributed by atoms with Crippen LogP contribution in [-0.2, 0) is 9.59 Å². The highest BCUT2D eigenvalue weighted by Crippen LogP contribution is 2.40. The fourth-order valence-electron chi connectivity index (χ4n) is 5.27. The molecule has 0 saturated heterocycles. The molecule has 2 aliphatic carbocycles. The highest BCUT2D eigenvalue weighted by Gasteiger charge is 2.40. The number of benzene rings is 1. The van der Waals surface area contributed by atoms with Crippen molar-refractivity contribution in [3.8, 4) is 28.3 Å². The van der Waals surface area contributed by atoms with Gasteiger partial charge in [-0.15, -0.1) is 11.3 Å². The van der Waals surface area contributed by atoms with Gasteiger partial charge in [0.25, 0.3) is 0 Å². The van der Waals surface area contributed by atoms with Crippen LogP contribution in [-0.4, -0.2) is 40.1 Å². The maximum atomic E-state index is 14.4. The average molecular weight is 524 g/mol. The molecule has 37 heavy (non-hydrogen) atoms. The quantitative estimate of drug-likeness (QED) is 0.341. The van der Waals surface area contributed by atoms with Crippen LogP contribution in [0.2, 0.25) is 0 Å². The number of aromatic nitrogens is 2. The number of hydrogen-bond acceptors (Lipinski definition) is 6. The Morgan fingerprint density at radius 1 is 1.19 bits per heavy atom. The van der Waals surface area contributed by atoms with Crippen molar-refractivity contribution in [2.24, 2.45) is 11.8 Å². The largest absolute Gasteiger partial charge is 0.481 e. The van der Waals surface area contributed by atoms with Crippen molar-refractivity contribution >= 4 is 28.3 Å². The molecule has 2 saturated carbocycles. The molecule has 0 radical (unpaired) electrons. The molecular weight excluding hydrogens is 493 g/mol. The Bertz CT molecular complexity index is 1290. The van der Waals surface area contributed by atoms with Crippen molar-refractivity contribution in [1.29, 1.82) is 0 Å². The number of hydrogen-bond donors (Lipinski definition) is 1. The van der Waals surface area contributed by atoms with Crippen LogP contribution in [0.25, 0.3) is 22.4 Å². The van der Waals surface area contributed by atoms with Gasteiger partial charge in [0.2, 0.25) is 11.8 Å². The van der Waals surface area contributed by atoms with Gasteiger partial charge in [0.05, 0.1) is 19.2 Å². The number of carboxylic acids is 1. The number of carbonyl (C=O) groups is 2. The lowest BCUT2D eigenvalue weighted by atomic mass is 9.90. The predicted octanol–water partition coefficient (Wildman–Crippen LogP) is 6.19. The summed E-state index contributed by atoms with van der Waals surface area (Å²) in [6, 6.07) is 8.99. The normalized spacial score (nSPS) is 16.5. The van der Waals surface area contributed by atoms with Crippen molar-refractivity contribution in [2.75, 3.05) is 12.0 Å². The second kappa shape index (κ2) is 11.0. The van der Waals surface area contributed by atoms with E-state index in [0.29, 0.717) is 28.7 Å². The topological polar surface area (TPSA) is 92.6 Å². The summed E-state index contributed by atoms with van der Waals surface area (Å²) >= 11 is 1.38. The van der Waals surface area contributed by atoms with Crippen LogP contribution < -0.4 is 9.64 Å². The minimum absolute atomic E-state index is 0.0569. The van der Waals surface area contributed by atoms with Gasteiger partial charge in [-0.3, -0.25) is 14.5 Å². The Balaban J connectivity index is 1.44. The van der Waals surface area contributed by atoms with Gasteiger partial charge >= 0.3 is 5.97 Å². The number of halogens is 1. The molecule has 0 spiro atoms. The zero-order valence-corrected chi connectivity index (χ0v) is 21.5. The van der Waals surface area contributed by atoms with Crippen LogP contribution in [0.5, 0.6) is 5.88 Å². The van der Waals surface area contributed by atoms with E-state index >= 15 is 0 Å². The highest BCUT2D eigenvalue weighted by atomic mass is 32.1. The van der Waals surface area contributed by atoms with E-state index in [2.05, 4.69) is 4.98 Å². The molecule has 2 aromatic heterocycles. The number of amides is 1. The first kappa shape index (κ1) is 25.3. The van der Waals surface area contributed by atoms with Gasteiger partial charge in [-0.1, -0.05) is 49.9 Å². The molecule has 0 aliphatic heterocycles. The Hall–Kier alpha value is -3.33. The smallest absolute Gasteiger partial charge is 0.304 e. The van der Waals surface area contributed by atoms with Crippen LogP contribution in [0.3, 0.4) is 0 Å². The monoisotopic (exact) mass is 523 g/mol. The molecule has 9 heteroatoms. The van der Waals surface area contributed by atoms with Gasteiger partial charge in [-0.2, -0.15) is 0 Å². The van der Waals surface area contributed by atoms with Crippen molar-refractivity contribution in [3.63, 3.8) is 0 Å². The summed E-state index contributed by atoms with van der Waals surface area (Å²) in [5.74, 6) is -1.83. The molecule has 2 heterocycles. The van der Waals surface area contributed by atoms with Gasteiger partial charge in [0, 0.05) is 34.7 Å². The third kappa shape index (κ3) is 5.66. The van der Waals surface area contributed by atoms with E-state index in [0.717, 1.165) is 49.7 Å². The molecule has 1 amide bonds. The Kier molecular flexibility index (Phi) is 7.50. The molecule has 5 rings (SSSR count). The van der Waals surface area contributed by atoms with E-state index < -0.39 is 17.7 Å². The van der Waals surface area contributed by atoms with E-state index in [1.54, 1.807) is 11.1 Å². The van der Waals surface area contributed by atoms with Gasteiger partial charge in [0.1, 0.15) is 0 Å². The minimum atomic E-state index is -0.943. The van der Waals surface area contributed by atoms with Crippen LogP contribution >= 0.6 is 11.3 Å². The SMILES string of the molecule is COc1ncc(-c2ccccc2-c2csc(N(C(=O)C(CC(=O)O)CC3CCCC3)C3CC3)n2)cc1F. The Labute approximate surface area is 219 Å². The number of ether oxygens (including phenoxy) is 1. The number of thiazole rings is 1. The summed E-state index contributed by atoms with van der Waals surface area (Å²) in [4.78, 5) is 36.0. The van der Waals surface area contributed by atoms with Gasteiger partial charge in [-0.05, 0) is 36.8 Å². The second-order valence-electron chi connectivity index (χ2n) is 9.90. The maximum absolute atomic E-state index is 14.4. The van der Waals surface area contributed by atoms with Crippen molar-refractivity contribution in [3.05, 3.63) is 47.7 Å². The fraction of sp³-hybridized carbons (Fsp3) is 0.429. The molecule has 3 aromatic rings. The van der Waals surface area contributed by atoms with Gasteiger partial charge < -0.3 is 9.84 Å². The first-order chi connectivity index (χ1) is 17.9. The summed E-state index contributed by atoms with van der Waals surface area (Å²) in [5, 5.41) is 12.0. The van der Waals surface area contributed by atoms with E-state index in [1.165, 1.54) is 24.5 Å². The standard InChI is InChI=1S/C28H30FN3O4S/c1-36-26-23(29)13-19(15-30-26)21-8-4-5-9-22(21)24-16-37-28(31-24)32(20-10-11-20)27(35)18(14-25(33)34)12-17-6-2-3-7-17/h4-5,8-9,13,15-18,20H,2-3,6-7,10-12,14H2,1H3,(H,33,34). The third-order valence-electron chi connectivity index (χ3n) is 7.23. The Morgan fingerprint density at radius 2 is 1.92 bits per heavy atom. The summed E-state index contributed by atoms with van der Waals surface area (Å²) in [7, 11) is 1.37. The Morgan fingerprint density at radius 3 is 2.57 bits per heavy atom. The summed E-state index contributed by atoms with van der Waals surface area (Å²) in [6.07, 6.45) is 8.21. The number of rotatable bonds is 10. The van der Waals surface area contributed by atoms with E-state index in [1.807, 2.05) is 29.6 Å². The van der Waals surface area contributed by atoms with Crippen molar-refractivity contribution in [2.45, 2.75) is 57.4 Å². The van der Waals surface area contributed by atoms with E-state index in [9.17, 15) is 19.1 Å². The lowest BCUT2D eigenvalue weighted by Crippen LogP contribution is -2.39. The predicted molar refractivity (Wildman–Crippen MR) is 140 cm³/mol. The van der Waals surface area contributed by atoms with Crippen LogP contribution in [0, 0.1) is 17.7 Å². The van der Waals surface area contributed by atoms with Gasteiger partial charge in [-0.25, -0.2) is 14.4 Å². The number of methoxy groups -OCH3 is 1. The molecule has 1 atom stereocenters. The average Bonchev–Trinajstić information content (AvgIpc) is 3.36. The van der Waals surface area contributed by atoms with Gasteiger partial charge in [0.15, 0.2) is 10.9 Å². The number of carbonyl (C=O) groups excluding carboxylic acids is 1. The fourth-order valence-corrected chi connectivity index (χ4v) is 6.17.